The number of hydrogen-bond donors (Lipinski definition) is 1. The van der Waals surface area contributed by atoms with Crippen LogP contribution in [0.25, 0.3) is 0 Å². The second kappa shape index (κ2) is 5.62. The van der Waals surface area contributed by atoms with Crippen molar-refractivity contribution < 1.29 is 0 Å². The number of thioether (sulfide) groups is 1. The molecule has 1 aromatic heterocycles. The summed E-state index contributed by atoms with van der Waals surface area (Å²) in [7, 11) is 0. The first-order valence-corrected chi connectivity index (χ1v) is 8.38. The minimum absolute atomic E-state index is 0.501. The number of nitrogens with zero attached hydrogens (tertiary/aromatic N) is 1. The van der Waals surface area contributed by atoms with Crippen molar-refractivity contribution in [2.75, 3.05) is 6.26 Å². The van der Waals surface area contributed by atoms with E-state index in [0.29, 0.717) is 12.1 Å². The summed E-state index contributed by atoms with van der Waals surface area (Å²) < 4.78 is 0. The molecule has 0 bridgehead atoms. The van der Waals surface area contributed by atoms with Gasteiger partial charge >= 0.3 is 0 Å². The Kier molecular flexibility index (Phi) is 3.90. The first-order chi connectivity index (χ1) is 8.86. The largest absolute Gasteiger partial charge is 0.306 e. The zero-order chi connectivity index (χ0) is 12.4. The van der Waals surface area contributed by atoms with E-state index in [4.69, 9.17) is 0 Å². The van der Waals surface area contributed by atoms with Crippen LogP contribution in [0.5, 0.6) is 0 Å². The molecule has 2 nitrogen and oxygen atoms in total. The monoisotopic (exact) mass is 262 g/mol. The minimum atomic E-state index is 0.501. The van der Waals surface area contributed by atoms with Gasteiger partial charge in [-0.3, -0.25) is 4.98 Å². The number of rotatable bonds is 3. The van der Waals surface area contributed by atoms with Crippen molar-refractivity contribution in [2.45, 2.75) is 55.9 Å². The summed E-state index contributed by atoms with van der Waals surface area (Å²) in [5.41, 5.74) is 2.78. The number of nitrogens with one attached hydrogen (secondary N) is 1. The molecule has 0 radical (unpaired) electrons. The lowest BCUT2D eigenvalue weighted by molar-refractivity contribution is 0.390. The van der Waals surface area contributed by atoms with E-state index in [2.05, 4.69) is 28.7 Å². The molecule has 2 aliphatic carbocycles. The van der Waals surface area contributed by atoms with Crippen LogP contribution in [0.3, 0.4) is 0 Å². The SMILES string of the molecule is CSC1CCC(NC2CCCc3cccnc32)C1. The molecule has 0 amide bonds. The van der Waals surface area contributed by atoms with Gasteiger partial charge in [0.15, 0.2) is 0 Å². The number of fused-ring (bicyclic) bond motifs is 1. The summed E-state index contributed by atoms with van der Waals surface area (Å²) >= 11 is 2.03. The molecule has 3 atom stereocenters. The maximum absolute atomic E-state index is 4.61. The highest BCUT2D eigenvalue weighted by atomic mass is 32.2. The van der Waals surface area contributed by atoms with Crippen LogP contribution >= 0.6 is 11.8 Å². The molecule has 0 aliphatic heterocycles. The fourth-order valence-electron chi connectivity index (χ4n) is 3.36. The standard InChI is InChI=1S/C15H22N2S/c1-18-13-8-7-12(10-13)17-14-6-2-4-11-5-3-9-16-15(11)14/h3,5,9,12-14,17H,2,4,6-8,10H2,1H3. The summed E-state index contributed by atoms with van der Waals surface area (Å²) in [6, 6.07) is 5.52. The van der Waals surface area contributed by atoms with Crippen LogP contribution in [0, 0.1) is 0 Å². The molecule has 18 heavy (non-hydrogen) atoms. The van der Waals surface area contributed by atoms with E-state index in [9.17, 15) is 0 Å². The van der Waals surface area contributed by atoms with Gasteiger partial charge in [0, 0.05) is 23.5 Å². The Bertz CT molecular complexity index is 407. The third-order valence-corrected chi connectivity index (χ3v) is 5.44. The summed E-state index contributed by atoms with van der Waals surface area (Å²) in [4.78, 5) is 4.61. The highest BCUT2D eigenvalue weighted by Gasteiger charge is 2.28. The third kappa shape index (κ3) is 2.57. The van der Waals surface area contributed by atoms with Crippen molar-refractivity contribution in [2.24, 2.45) is 0 Å². The normalized spacial score (nSPS) is 31.3. The van der Waals surface area contributed by atoms with E-state index in [-0.39, 0.29) is 0 Å². The molecule has 3 rings (SSSR count). The molecule has 1 aromatic rings. The molecule has 3 heteroatoms. The molecule has 1 saturated carbocycles. The van der Waals surface area contributed by atoms with Crippen molar-refractivity contribution in [3.05, 3.63) is 29.6 Å². The summed E-state index contributed by atoms with van der Waals surface area (Å²) in [5.74, 6) is 0. The Balaban J connectivity index is 1.67. The van der Waals surface area contributed by atoms with Crippen LogP contribution in [0.1, 0.15) is 49.4 Å². The molecular weight excluding hydrogens is 240 g/mol. The van der Waals surface area contributed by atoms with Crippen LogP contribution in [-0.2, 0) is 6.42 Å². The average molecular weight is 262 g/mol. The molecule has 1 fully saturated rings. The molecule has 0 spiro atoms. The topological polar surface area (TPSA) is 24.9 Å². The van der Waals surface area contributed by atoms with E-state index in [1.54, 1.807) is 0 Å². The van der Waals surface area contributed by atoms with Crippen molar-refractivity contribution >= 4 is 11.8 Å². The first-order valence-electron chi connectivity index (χ1n) is 7.09. The maximum atomic E-state index is 4.61. The first kappa shape index (κ1) is 12.5. The van der Waals surface area contributed by atoms with E-state index < -0.39 is 0 Å². The molecule has 2 aliphatic rings. The number of aromatic nitrogens is 1. The Hall–Kier alpha value is -0.540. The van der Waals surface area contributed by atoms with E-state index >= 15 is 0 Å². The molecule has 98 valence electrons. The minimum Gasteiger partial charge on any atom is -0.306 e. The average Bonchev–Trinajstić information content (AvgIpc) is 2.87. The van der Waals surface area contributed by atoms with Gasteiger partial charge in [-0.1, -0.05) is 6.07 Å². The highest BCUT2D eigenvalue weighted by molar-refractivity contribution is 7.99. The Morgan fingerprint density at radius 1 is 1.33 bits per heavy atom. The van der Waals surface area contributed by atoms with Gasteiger partial charge in [0.1, 0.15) is 0 Å². The van der Waals surface area contributed by atoms with E-state index in [1.165, 1.54) is 49.8 Å². The molecule has 1 heterocycles. The van der Waals surface area contributed by atoms with Gasteiger partial charge in [-0.05, 0) is 56.4 Å². The van der Waals surface area contributed by atoms with E-state index in [1.807, 2.05) is 18.0 Å². The molecular formula is C15H22N2S. The molecule has 0 aromatic carbocycles. The van der Waals surface area contributed by atoms with Crippen LogP contribution in [0.15, 0.2) is 18.3 Å². The van der Waals surface area contributed by atoms with Gasteiger partial charge in [0.25, 0.3) is 0 Å². The van der Waals surface area contributed by atoms with Crippen LogP contribution in [0.2, 0.25) is 0 Å². The molecule has 3 unspecified atom stereocenters. The molecule has 1 N–H and O–H groups in total. The van der Waals surface area contributed by atoms with Gasteiger partial charge in [-0.25, -0.2) is 0 Å². The number of pyridine rings is 1. The van der Waals surface area contributed by atoms with Crippen LogP contribution in [0.4, 0.5) is 0 Å². The Labute approximate surface area is 114 Å². The second-order valence-electron chi connectivity index (χ2n) is 5.53. The Morgan fingerprint density at radius 3 is 3.11 bits per heavy atom. The number of aryl methyl sites for hydroxylation is 1. The van der Waals surface area contributed by atoms with Crippen LogP contribution in [-0.4, -0.2) is 22.5 Å². The summed E-state index contributed by atoms with van der Waals surface area (Å²) in [6.45, 7) is 0. The lowest BCUT2D eigenvalue weighted by Gasteiger charge is -2.28. The third-order valence-electron chi connectivity index (χ3n) is 4.35. The quantitative estimate of drug-likeness (QED) is 0.904. The van der Waals surface area contributed by atoms with Crippen molar-refractivity contribution in [3.8, 4) is 0 Å². The van der Waals surface area contributed by atoms with Gasteiger partial charge in [-0.2, -0.15) is 11.8 Å². The number of hydrogen-bond acceptors (Lipinski definition) is 3. The van der Waals surface area contributed by atoms with Crippen LogP contribution < -0.4 is 5.32 Å². The summed E-state index contributed by atoms with van der Waals surface area (Å²) in [6.07, 6.45) is 12.0. The maximum Gasteiger partial charge on any atom is 0.0605 e. The van der Waals surface area contributed by atoms with Gasteiger partial charge in [-0.15, -0.1) is 0 Å². The second-order valence-corrected chi connectivity index (χ2v) is 6.67. The lowest BCUT2D eigenvalue weighted by atomic mass is 9.91. The van der Waals surface area contributed by atoms with Crippen molar-refractivity contribution in [3.63, 3.8) is 0 Å². The van der Waals surface area contributed by atoms with Crippen molar-refractivity contribution in [1.29, 1.82) is 0 Å². The predicted octanol–water partition coefficient (Wildman–Crippen LogP) is 3.33. The van der Waals surface area contributed by atoms with Crippen molar-refractivity contribution in [1.82, 2.24) is 10.3 Å². The zero-order valence-corrected chi connectivity index (χ0v) is 11.9. The van der Waals surface area contributed by atoms with E-state index in [0.717, 1.165) is 5.25 Å². The fourth-order valence-corrected chi connectivity index (χ4v) is 4.16. The summed E-state index contributed by atoms with van der Waals surface area (Å²) in [5, 5.41) is 4.73. The predicted molar refractivity (Wildman–Crippen MR) is 78.0 cm³/mol. The Morgan fingerprint density at radius 2 is 2.28 bits per heavy atom. The lowest BCUT2D eigenvalue weighted by Crippen LogP contribution is -2.33. The zero-order valence-electron chi connectivity index (χ0n) is 11.1. The van der Waals surface area contributed by atoms with Gasteiger partial charge < -0.3 is 5.32 Å². The molecule has 0 saturated heterocycles. The highest BCUT2D eigenvalue weighted by Crippen LogP contribution is 2.33. The van der Waals surface area contributed by atoms with Gasteiger partial charge in [0.2, 0.25) is 0 Å². The fraction of sp³-hybridized carbons (Fsp3) is 0.667. The smallest absolute Gasteiger partial charge is 0.0605 e. The van der Waals surface area contributed by atoms with Gasteiger partial charge in [0.05, 0.1) is 5.69 Å².